The number of halogens is 1. The number of benzene rings is 1. The van der Waals surface area contributed by atoms with Crippen LogP contribution in [-0.4, -0.2) is 23.6 Å². The number of aliphatic hydroxyl groups excluding tert-OH is 1. The van der Waals surface area contributed by atoms with Crippen LogP contribution in [0.1, 0.15) is 24.2 Å². The highest BCUT2D eigenvalue weighted by Crippen LogP contribution is 2.22. The highest BCUT2D eigenvalue weighted by Gasteiger charge is 2.15. The summed E-state index contributed by atoms with van der Waals surface area (Å²) in [6, 6.07) is 4.09. The lowest BCUT2D eigenvalue weighted by Gasteiger charge is -2.18. The van der Waals surface area contributed by atoms with E-state index in [0.717, 1.165) is 0 Å². The van der Waals surface area contributed by atoms with E-state index in [1.54, 1.807) is 6.92 Å². The van der Waals surface area contributed by atoms with E-state index in [2.05, 4.69) is 0 Å². The average molecular weight is 212 g/mol. The van der Waals surface area contributed by atoms with Gasteiger partial charge in [0.1, 0.15) is 6.10 Å². The molecule has 82 valence electrons. The van der Waals surface area contributed by atoms with Crippen molar-refractivity contribution >= 4 is 6.29 Å². The predicted molar refractivity (Wildman–Crippen MR) is 53.6 cm³/mol. The summed E-state index contributed by atoms with van der Waals surface area (Å²) in [4.78, 5) is 10.6. The summed E-state index contributed by atoms with van der Waals surface area (Å²) in [7, 11) is 0. The molecule has 2 unspecified atom stereocenters. The second kappa shape index (κ2) is 4.89. The Morgan fingerprint density at radius 1 is 1.47 bits per heavy atom. The Hall–Kier alpha value is -1.42. The highest BCUT2D eigenvalue weighted by molar-refractivity contribution is 5.79. The molecule has 0 heterocycles. The minimum Gasteiger partial charge on any atom is -0.484 e. The normalized spacial score (nSPS) is 14.4. The SMILES string of the molecule is CC(O)C(C)Oc1c(F)cccc1C=O. The molecule has 0 fully saturated rings. The van der Waals surface area contributed by atoms with E-state index in [9.17, 15) is 14.3 Å². The standard InChI is InChI=1S/C11H13FO3/c1-7(14)8(2)15-11-9(6-13)4-3-5-10(11)12/h3-8,14H,1-2H3. The van der Waals surface area contributed by atoms with Crippen molar-refractivity contribution in [3.8, 4) is 5.75 Å². The number of aliphatic hydroxyl groups is 1. The summed E-state index contributed by atoms with van der Waals surface area (Å²) in [6.07, 6.45) is -0.780. The molecular formula is C11H13FO3. The Bertz CT molecular complexity index is 350. The zero-order chi connectivity index (χ0) is 11.4. The van der Waals surface area contributed by atoms with Crippen molar-refractivity contribution in [1.82, 2.24) is 0 Å². The molecule has 0 amide bonds. The maximum atomic E-state index is 13.3. The fourth-order valence-electron chi connectivity index (χ4n) is 1.03. The van der Waals surface area contributed by atoms with Crippen LogP contribution < -0.4 is 4.74 Å². The Labute approximate surface area is 87.5 Å². The van der Waals surface area contributed by atoms with E-state index < -0.39 is 18.0 Å². The molecule has 0 saturated carbocycles. The van der Waals surface area contributed by atoms with Gasteiger partial charge in [-0.2, -0.15) is 0 Å². The van der Waals surface area contributed by atoms with Gasteiger partial charge in [0, 0.05) is 0 Å². The number of hydrogen-bond acceptors (Lipinski definition) is 3. The van der Waals surface area contributed by atoms with Gasteiger partial charge in [0.25, 0.3) is 0 Å². The van der Waals surface area contributed by atoms with E-state index >= 15 is 0 Å². The number of carbonyl (C=O) groups excluding carboxylic acids is 1. The molecule has 1 aromatic rings. The van der Waals surface area contributed by atoms with Crippen molar-refractivity contribution in [2.24, 2.45) is 0 Å². The van der Waals surface area contributed by atoms with Gasteiger partial charge in [-0.25, -0.2) is 4.39 Å². The molecule has 3 nitrogen and oxygen atoms in total. The average Bonchev–Trinajstić information content (AvgIpc) is 2.20. The molecule has 0 aromatic heterocycles. The quantitative estimate of drug-likeness (QED) is 0.774. The monoisotopic (exact) mass is 212 g/mol. The molecule has 1 aromatic carbocycles. The lowest BCUT2D eigenvalue weighted by Crippen LogP contribution is -2.26. The van der Waals surface area contributed by atoms with Crippen LogP contribution in [-0.2, 0) is 0 Å². The van der Waals surface area contributed by atoms with Gasteiger partial charge in [0.05, 0.1) is 11.7 Å². The van der Waals surface area contributed by atoms with Crippen LogP contribution >= 0.6 is 0 Å². The lowest BCUT2D eigenvalue weighted by atomic mass is 10.2. The van der Waals surface area contributed by atoms with Gasteiger partial charge in [-0.15, -0.1) is 0 Å². The zero-order valence-electron chi connectivity index (χ0n) is 8.61. The van der Waals surface area contributed by atoms with Gasteiger partial charge >= 0.3 is 0 Å². The number of rotatable bonds is 4. The second-order valence-electron chi connectivity index (χ2n) is 3.34. The molecule has 0 saturated heterocycles. The molecule has 0 bridgehead atoms. The third kappa shape index (κ3) is 2.76. The van der Waals surface area contributed by atoms with Crippen LogP contribution in [0.15, 0.2) is 18.2 Å². The van der Waals surface area contributed by atoms with Crippen LogP contribution in [0.5, 0.6) is 5.75 Å². The summed E-state index contributed by atoms with van der Waals surface area (Å²) in [5.74, 6) is -0.715. The molecule has 0 aliphatic carbocycles. The molecule has 0 aliphatic rings. The molecule has 15 heavy (non-hydrogen) atoms. The van der Waals surface area contributed by atoms with Gasteiger partial charge in [-0.3, -0.25) is 4.79 Å². The fraction of sp³-hybridized carbons (Fsp3) is 0.364. The molecular weight excluding hydrogens is 199 g/mol. The fourth-order valence-corrected chi connectivity index (χ4v) is 1.03. The number of aldehydes is 1. The van der Waals surface area contributed by atoms with Gasteiger partial charge in [0.2, 0.25) is 0 Å². The maximum absolute atomic E-state index is 13.3. The molecule has 0 radical (unpaired) electrons. The number of carbonyl (C=O) groups is 1. The van der Waals surface area contributed by atoms with Crippen LogP contribution in [0.2, 0.25) is 0 Å². The summed E-state index contributed by atoms with van der Waals surface area (Å²) in [5, 5.41) is 9.20. The maximum Gasteiger partial charge on any atom is 0.165 e. The number of hydrogen-bond donors (Lipinski definition) is 1. The Morgan fingerprint density at radius 2 is 2.13 bits per heavy atom. The van der Waals surface area contributed by atoms with E-state index in [0.29, 0.717) is 6.29 Å². The summed E-state index contributed by atoms with van der Waals surface area (Å²) < 4.78 is 18.5. The first-order valence-corrected chi connectivity index (χ1v) is 4.64. The first-order chi connectivity index (χ1) is 7.06. The van der Waals surface area contributed by atoms with Gasteiger partial charge in [-0.1, -0.05) is 6.07 Å². The number of para-hydroxylation sites is 1. The number of ether oxygens (including phenoxy) is 1. The molecule has 0 spiro atoms. The Balaban J connectivity index is 2.97. The largest absolute Gasteiger partial charge is 0.484 e. The van der Waals surface area contributed by atoms with Crippen molar-refractivity contribution in [2.75, 3.05) is 0 Å². The minimum absolute atomic E-state index is 0.110. The van der Waals surface area contributed by atoms with E-state index in [-0.39, 0.29) is 11.3 Å². The van der Waals surface area contributed by atoms with Crippen molar-refractivity contribution < 1.29 is 19.0 Å². The molecule has 1 rings (SSSR count). The molecule has 4 heteroatoms. The Morgan fingerprint density at radius 3 is 2.67 bits per heavy atom. The Kier molecular flexibility index (Phi) is 3.80. The van der Waals surface area contributed by atoms with Gasteiger partial charge < -0.3 is 9.84 Å². The predicted octanol–water partition coefficient (Wildman–Crippen LogP) is 1.79. The summed E-state index contributed by atoms with van der Waals surface area (Å²) in [6.45, 7) is 3.14. The van der Waals surface area contributed by atoms with E-state index in [4.69, 9.17) is 4.74 Å². The first kappa shape index (κ1) is 11.7. The van der Waals surface area contributed by atoms with Crippen LogP contribution in [0.25, 0.3) is 0 Å². The highest BCUT2D eigenvalue weighted by atomic mass is 19.1. The van der Waals surface area contributed by atoms with Crippen molar-refractivity contribution in [1.29, 1.82) is 0 Å². The van der Waals surface area contributed by atoms with E-state index in [1.165, 1.54) is 25.1 Å². The molecule has 2 atom stereocenters. The van der Waals surface area contributed by atoms with Crippen LogP contribution in [0.3, 0.4) is 0 Å². The van der Waals surface area contributed by atoms with Crippen molar-refractivity contribution in [3.05, 3.63) is 29.6 Å². The first-order valence-electron chi connectivity index (χ1n) is 4.64. The lowest BCUT2D eigenvalue weighted by molar-refractivity contribution is 0.0571. The third-order valence-electron chi connectivity index (χ3n) is 2.11. The third-order valence-corrected chi connectivity index (χ3v) is 2.11. The topological polar surface area (TPSA) is 46.5 Å². The van der Waals surface area contributed by atoms with Crippen molar-refractivity contribution in [2.45, 2.75) is 26.1 Å². The zero-order valence-corrected chi connectivity index (χ0v) is 8.61. The second-order valence-corrected chi connectivity index (χ2v) is 3.34. The van der Waals surface area contributed by atoms with Gasteiger partial charge in [-0.05, 0) is 26.0 Å². The van der Waals surface area contributed by atoms with Crippen LogP contribution in [0, 0.1) is 5.82 Å². The molecule has 0 aliphatic heterocycles. The van der Waals surface area contributed by atoms with E-state index in [1.807, 2.05) is 0 Å². The van der Waals surface area contributed by atoms with Gasteiger partial charge in [0.15, 0.2) is 17.9 Å². The van der Waals surface area contributed by atoms with Crippen LogP contribution in [0.4, 0.5) is 4.39 Å². The summed E-state index contributed by atoms with van der Waals surface area (Å²) >= 11 is 0. The minimum atomic E-state index is -0.732. The summed E-state index contributed by atoms with van der Waals surface area (Å²) in [5.41, 5.74) is 0.141. The smallest absolute Gasteiger partial charge is 0.165 e. The molecule has 1 N–H and O–H groups in total. The van der Waals surface area contributed by atoms with Crippen molar-refractivity contribution in [3.63, 3.8) is 0 Å².